The van der Waals surface area contributed by atoms with E-state index in [1.165, 1.54) is 0 Å². The van der Waals surface area contributed by atoms with Gasteiger partial charge in [0.2, 0.25) is 5.91 Å². The van der Waals surface area contributed by atoms with Crippen molar-refractivity contribution in [3.8, 4) is 0 Å². The summed E-state index contributed by atoms with van der Waals surface area (Å²) in [5.41, 5.74) is 5.64. The Balaban J connectivity index is 2.78. The van der Waals surface area contributed by atoms with Gasteiger partial charge in [0.1, 0.15) is 5.54 Å². The number of amides is 1. The van der Waals surface area contributed by atoms with E-state index in [4.69, 9.17) is 10.5 Å². The van der Waals surface area contributed by atoms with Crippen LogP contribution in [0.25, 0.3) is 0 Å². The summed E-state index contributed by atoms with van der Waals surface area (Å²) in [6, 6.07) is 9.56. The fourth-order valence-electron chi connectivity index (χ4n) is 2.43. The van der Waals surface area contributed by atoms with Crippen LogP contribution in [0.2, 0.25) is 0 Å². The van der Waals surface area contributed by atoms with Crippen LogP contribution in [0.5, 0.6) is 0 Å². The summed E-state index contributed by atoms with van der Waals surface area (Å²) >= 11 is 0. The molecule has 20 heavy (non-hydrogen) atoms. The highest BCUT2D eigenvalue weighted by Crippen LogP contribution is 2.25. The molecule has 1 aromatic rings. The fourth-order valence-corrected chi connectivity index (χ4v) is 2.43. The molecule has 1 amide bonds. The third-order valence-electron chi connectivity index (χ3n) is 3.69. The average molecular weight is 278 g/mol. The largest absolute Gasteiger partial charge is 0.378 e. The van der Waals surface area contributed by atoms with Crippen molar-refractivity contribution in [2.75, 3.05) is 13.7 Å². The number of hydrogen-bond donors (Lipinski definition) is 2. The molecule has 0 radical (unpaired) electrons. The van der Waals surface area contributed by atoms with Crippen LogP contribution in [0.3, 0.4) is 0 Å². The predicted molar refractivity (Wildman–Crippen MR) is 81.3 cm³/mol. The number of primary amides is 1. The summed E-state index contributed by atoms with van der Waals surface area (Å²) < 4.78 is 5.76. The van der Waals surface area contributed by atoms with E-state index >= 15 is 0 Å². The summed E-state index contributed by atoms with van der Waals surface area (Å²) in [4.78, 5) is 12.0. The zero-order valence-corrected chi connectivity index (χ0v) is 12.7. The Bertz CT molecular complexity index is 408. The van der Waals surface area contributed by atoms with Crippen LogP contribution in [-0.4, -0.2) is 25.7 Å². The van der Waals surface area contributed by atoms with Crippen LogP contribution in [0.15, 0.2) is 30.3 Å². The van der Waals surface area contributed by atoms with Crippen molar-refractivity contribution in [3.05, 3.63) is 35.9 Å². The van der Waals surface area contributed by atoms with Gasteiger partial charge in [0.15, 0.2) is 0 Å². The highest BCUT2D eigenvalue weighted by Gasteiger charge is 2.36. The Kier molecular flexibility index (Phi) is 6.68. The maximum Gasteiger partial charge on any atom is 0.242 e. The van der Waals surface area contributed by atoms with Crippen LogP contribution in [0.1, 0.15) is 38.7 Å². The Morgan fingerprint density at radius 2 is 2.05 bits per heavy atom. The molecule has 0 aromatic heterocycles. The smallest absolute Gasteiger partial charge is 0.242 e. The maximum absolute atomic E-state index is 12.0. The molecule has 112 valence electrons. The maximum atomic E-state index is 12.0. The second kappa shape index (κ2) is 8.02. The number of carbonyl (C=O) groups is 1. The molecule has 0 aliphatic carbocycles. The average Bonchev–Trinajstić information content (AvgIpc) is 2.45. The second-order valence-electron chi connectivity index (χ2n) is 5.11. The minimum Gasteiger partial charge on any atom is -0.378 e. The molecule has 3 N–H and O–H groups in total. The van der Waals surface area contributed by atoms with Crippen molar-refractivity contribution in [2.45, 2.75) is 44.8 Å². The molecule has 4 heteroatoms. The summed E-state index contributed by atoms with van der Waals surface area (Å²) in [5.74, 6) is -0.377. The van der Waals surface area contributed by atoms with Crippen molar-refractivity contribution >= 4 is 5.91 Å². The lowest BCUT2D eigenvalue weighted by Crippen LogP contribution is -2.52. The minimum absolute atomic E-state index is 0.207. The SMILES string of the molecule is CCCC(C)OCCC(NC)(C(N)=O)c1ccccc1. The zero-order chi connectivity index (χ0) is 15.0. The van der Waals surface area contributed by atoms with Gasteiger partial charge in [0, 0.05) is 13.0 Å². The van der Waals surface area contributed by atoms with E-state index in [1.807, 2.05) is 30.3 Å². The molecule has 4 nitrogen and oxygen atoms in total. The first-order chi connectivity index (χ1) is 9.56. The first kappa shape index (κ1) is 16.7. The molecular formula is C16H26N2O2. The molecule has 0 heterocycles. The molecule has 1 rings (SSSR count). The summed E-state index contributed by atoms with van der Waals surface area (Å²) in [5, 5.41) is 3.08. The Morgan fingerprint density at radius 1 is 1.40 bits per heavy atom. The first-order valence-corrected chi connectivity index (χ1v) is 7.22. The van der Waals surface area contributed by atoms with E-state index in [2.05, 4.69) is 19.2 Å². The lowest BCUT2D eigenvalue weighted by Gasteiger charge is -2.31. The molecule has 2 unspecified atom stereocenters. The number of likely N-dealkylation sites (N-methyl/N-ethyl adjacent to an activating group) is 1. The molecule has 0 aliphatic rings. The molecular weight excluding hydrogens is 252 g/mol. The van der Waals surface area contributed by atoms with E-state index in [1.54, 1.807) is 7.05 Å². The molecule has 0 aliphatic heterocycles. The molecule has 1 aromatic carbocycles. The number of benzene rings is 1. The number of hydrogen-bond acceptors (Lipinski definition) is 3. The third kappa shape index (κ3) is 4.05. The lowest BCUT2D eigenvalue weighted by molar-refractivity contribution is -0.125. The van der Waals surface area contributed by atoms with Crippen LogP contribution >= 0.6 is 0 Å². The highest BCUT2D eigenvalue weighted by molar-refractivity contribution is 5.86. The number of carbonyl (C=O) groups excluding carboxylic acids is 1. The molecule has 2 atom stereocenters. The normalized spacial score (nSPS) is 15.6. The minimum atomic E-state index is -0.868. The molecule has 0 bridgehead atoms. The topological polar surface area (TPSA) is 64.3 Å². The standard InChI is InChI=1S/C16H26N2O2/c1-4-8-13(2)20-12-11-16(18-3,15(17)19)14-9-6-5-7-10-14/h5-7,9-10,13,18H,4,8,11-12H2,1-3H3,(H2,17,19). The van der Waals surface area contributed by atoms with Gasteiger partial charge in [-0.15, -0.1) is 0 Å². The van der Waals surface area contributed by atoms with Gasteiger partial charge in [-0.2, -0.15) is 0 Å². The van der Waals surface area contributed by atoms with Gasteiger partial charge < -0.3 is 15.8 Å². The van der Waals surface area contributed by atoms with Crippen molar-refractivity contribution in [1.29, 1.82) is 0 Å². The van der Waals surface area contributed by atoms with E-state index in [0.717, 1.165) is 18.4 Å². The molecule has 0 saturated heterocycles. The predicted octanol–water partition coefficient (Wildman–Crippen LogP) is 2.18. The van der Waals surface area contributed by atoms with Gasteiger partial charge in [0.05, 0.1) is 6.10 Å². The molecule has 0 saturated carbocycles. The lowest BCUT2D eigenvalue weighted by atomic mass is 9.86. The summed E-state index contributed by atoms with van der Waals surface area (Å²) in [6.07, 6.45) is 2.84. The van der Waals surface area contributed by atoms with Gasteiger partial charge >= 0.3 is 0 Å². The monoisotopic (exact) mass is 278 g/mol. The van der Waals surface area contributed by atoms with Gasteiger partial charge in [-0.3, -0.25) is 4.79 Å². The van der Waals surface area contributed by atoms with Gasteiger partial charge in [-0.05, 0) is 26.0 Å². The Labute approximate surface area is 121 Å². The zero-order valence-electron chi connectivity index (χ0n) is 12.7. The van der Waals surface area contributed by atoms with Gasteiger partial charge in [-0.25, -0.2) is 0 Å². The Hall–Kier alpha value is -1.39. The second-order valence-corrected chi connectivity index (χ2v) is 5.11. The van der Waals surface area contributed by atoms with E-state index < -0.39 is 5.54 Å². The number of ether oxygens (including phenoxy) is 1. The summed E-state index contributed by atoms with van der Waals surface area (Å²) in [6.45, 7) is 4.68. The van der Waals surface area contributed by atoms with Crippen LogP contribution in [0.4, 0.5) is 0 Å². The first-order valence-electron chi connectivity index (χ1n) is 7.22. The highest BCUT2D eigenvalue weighted by atomic mass is 16.5. The number of rotatable bonds is 9. The number of nitrogens with two attached hydrogens (primary N) is 1. The van der Waals surface area contributed by atoms with E-state index in [9.17, 15) is 4.79 Å². The third-order valence-corrected chi connectivity index (χ3v) is 3.69. The molecule has 0 fully saturated rings. The summed E-state index contributed by atoms with van der Waals surface area (Å²) in [7, 11) is 1.76. The quantitative estimate of drug-likeness (QED) is 0.727. The van der Waals surface area contributed by atoms with Gasteiger partial charge in [0.25, 0.3) is 0 Å². The van der Waals surface area contributed by atoms with Crippen molar-refractivity contribution in [3.63, 3.8) is 0 Å². The van der Waals surface area contributed by atoms with E-state index in [0.29, 0.717) is 13.0 Å². The van der Waals surface area contributed by atoms with Crippen LogP contribution in [0, 0.1) is 0 Å². The van der Waals surface area contributed by atoms with Crippen LogP contribution in [-0.2, 0) is 15.1 Å². The number of nitrogens with one attached hydrogen (secondary N) is 1. The fraction of sp³-hybridized carbons (Fsp3) is 0.562. The van der Waals surface area contributed by atoms with Crippen molar-refractivity contribution in [1.82, 2.24) is 5.32 Å². The van der Waals surface area contributed by atoms with Crippen molar-refractivity contribution in [2.24, 2.45) is 5.73 Å². The van der Waals surface area contributed by atoms with E-state index in [-0.39, 0.29) is 12.0 Å². The van der Waals surface area contributed by atoms with Gasteiger partial charge in [-0.1, -0.05) is 43.7 Å². The molecule has 0 spiro atoms. The van der Waals surface area contributed by atoms with Crippen LogP contribution < -0.4 is 11.1 Å². The van der Waals surface area contributed by atoms with Crippen molar-refractivity contribution < 1.29 is 9.53 Å². The Morgan fingerprint density at radius 3 is 2.55 bits per heavy atom.